The van der Waals surface area contributed by atoms with Crippen LogP contribution in [0, 0.1) is 12.8 Å². The Hall–Kier alpha value is -1.88. The number of carbonyl (C=O) groups excluding carboxylic acids is 2. The Balaban J connectivity index is 1.66. The van der Waals surface area contributed by atoms with Gasteiger partial charge in [-0.3, -0.25) is 9.59 Å². The molecule has 2 fully saturated rings. The van der Waals surface area contributed by atoms with Gasteiger partial charge < -0.3 is 15.5 Å². The van der Waals surface area contributed by atoms with Crippen molar-refractivity contribution in [1.29, 1.82) is 0 Å². The van der Waals surface area contributed by atoms with E-state index in [0.717, 1.165) is 44.0 Å². The lowest BCUT2D eigenvalue weighted by Crippen LogP contribution is -2.32. The van der Waals surface area contributed by atoms with Crippen molar-refractivity contribution in [2.75, 3.05) is 31.5 Å². The number of amides is 2. The third-order valence-corrected chi connectivity index (χ3v) is 4.57. The number of nitrogens with one attached hydrogen (secondary N) is 2. The average Bonchev–Trinajstić information content (AvgIpc) is 3.17. The molecule has 1 aliphatic heterocycles. The van der Waals surface area contributed by atoms with Crippen LogP contribution < -0.4 is 10.6 Å². The van der Waals surface area contributed by atoms with Crippen LogP contribution in [0.1, 0.15) is 41.6 Å². The maximum atomic E-state index is 12.7. The normalized spacial score (nSPS) is 17.3. The van der Waals surface area contributed by atoms with Crippen molar-refractivity contribution < 1.29 is 9.59 Å². The summed E-state index contributed by atoms with van der Waals surface area (Å²) in [5, 5.41) is 6.08. The lowest BCUT2D eigenvalue weighted by molar-refractivity contribution is -0.115. The second kappa shape index (κ2) is 7.13. The molecule has 2 aliphatic rings. The molecule has 0 unspecified atom stereocenters. The van der Waals surface area contributed by atoms with E-state index in [1.807, 2.05) is 30.0 Å². The maximum Gasteiger partial charge on any atom is 0.256 e. The molecule has 2 N–H and O–H groups in total. The highest BCUT2D eigenvalue weighted by molar-refractivity contribution is 6.05. The van der Waals surface area contributed by atoms with E-state index in [1.54, 1.807) is 0 Å². The lowest BCUT2D eigenvalue weighted by Gasteiger charge is -2.19. The Morgan fingerprint density at radius 2 is 1.96 bits per heavy atom. The number of likely N-dealkylation sites (tertiary alicyclic amines) is 1. The molecule has 3 rings (SSSR count). The van der Waals surface area contributed by atoms with Gasteiger partial charge in [0.15, 0.2) is 0 Å². The van der Waals surface area contributed by atoms with Gasteiger partial charge in [-0.2, -0.15) is 0 Å². The topological polar surface area (TPSA) is 61.4 Å². The van der Waals surface area contributed by atoms with Crippen LogP contribution >= 0.6 is 0 Å². The zero-order valence-electron chi connectivity index (χ0n) is 13.7. The van der Waals surface area contributed by atoms with E-state index in [0.29, 0.717) is 17.8 Å². The highest BCUT2D eigenvalue weighted by Gasteiger charge is 2.24. The van der Waals surface area contributed by atoms with Gasteiger partial charge in [0.1, 0.15) is 0 Å². The molecule has 2 amide bonds. The first-order chi connectivity index (χ1) is 11.1. The number of benzene rings is 1. The van der Waals surface area contributed by atoms with Gasteiger partial charge in [0, 0.05) is 13.1 Å². The standard InChI is InChI=1S/C18H25N3O2/c1-13-5-4-6-15(17(13)18(23)21-9-2-3-10-21)20-16(22)12-19-11-14-7-8-14/h4-6,14,19H,2-3,7-12H2,1H3,(H,20,22). The molecule has 0 atom stereocenters. The molecule has 0 radical (unpaired) electrons. The Morgan fingerprint density at radius 1 is 1.22 bits per heavy atom. The quantitative estimate of drug-likeness (QED) is 0.846. The van der Waals surface area contributed by atoms with E-state index in [-0.39, 0.29) is 11.8 Å². The van der Waals surface area contributed by atoms with Crippen LogP contribution in [0.15, 0.2) is 18.2 Å². The van der Waals surface area contributed by atoms with Crippen molar-refractivity contribution >= 4 is 17.5 Å². The number of anilines is 1. The van der Waals surface area contributed by atoms with Gasteiger partial charge >= 0.3 is 0 Å². The largest absolute Gasteiger partial charge is 0.339 e. The minimum atomic E-state index is -0.0910. The number of hydrogen-bond donors (Lipinski definition) is 2. The molecule has 1 saturated heterocycles. The third kappa shape index (κ3) is 4.10. The second-order valence-electron chi connectivity index (χ2n) is 6.62. The number of nitrogens with zero attached hydrogens (tertiary/aromatic N) is 1. The molecule has 23 heavy (non-hydrogen) atoms. The molecule has 1 aromatic carbocycles. The summed E-state index contributed by atoms with van der Waals surface area (Å²) in [5.41, 5.74) is 2.16. The van der Waals surface area contributed by atoms with E-state index >= 15 is 0 Å². The molecule has 5 heteroatoms. The number of rotatable bonds is 6. The molecular formula is C18H25N3O2. The van der Waals surface area contributed by atoms with Crippen LogP contribution in [0.3, 0.4) is 0 Å². The lowest BCUT2D eigenvalue weighted by atomic mass is 10.0. The highest BCUT2D eigenvalue weighted by atomic mass is 16.2. The summed E-state index contributed by atoms with van der Waals surface area (Å²) >= 11 is 0. The first-order valence-corrected chi connectivity index (χ1v) is 8.54. The highest BCUT2D eigenvalue weighted by Crippen LogP contribution is 2.27. The van der Waals surface area contributed by atoms with Crippen molar-refractivity contribution in [2.24, 2.45) is 5.92 Å². The molecule has 1 aliphatic carbocycles. The first kappa shape index (κ1) is 16.0. The fourth-order valence-electron chi connectivity index (χ4n) is 3.04. The van der Waals surface area contributed by atoms with Crippen molar-refractivity contribution in [3.05, 3.63) is 29.3 Å². The van der Waals surface area contributed by atoms with Gasteiger partial charge in [-0.15, -0.1) is 0 Å². The minimum absolute atomic E-state index is 0.0295. The smallest absolute Gasteiger partial charge is 0.256 e. The Morgan fingerprint density at radius 3 is 2.65 bits per heavy atom. The van der Waals surface area contributed by atoms with Gasteiger partial charge in [-0.05, 0) is 56.7 Å². The predicted octanol–water partition coefficient (Wildman–Crippen LogP) is 2.17. The van der Waals surface area contributed by atoms with Gasteiger partial charge in [-0.25, -0.2) is 0 Å². The van der Waals surface area contributed by atoms with E-state index in [4.69, 9.17) is 0 Å². The summed E-state index contributed by atoms with van der Waals surface area (Å²) in [5.74, 6) is 0.683. The average molecular weight is 315 g/mol. The van der Waals surface area contributed by atoms with E-state index in [1.165, 1.54) is 12.8 Å². The molecule has 0 bridgehead atoms. The molecule has 0 aromatic heterocycles. The van der Waals surface area contributed by atoms with Gasteiger partial charge in [0.2, 0.25) is 5.91 Å². The summed E-state index contributed by atoms with van der Waals surface area (Å²) in [7, 11) is 0. The molecule has 0 spiro atoms. The fourth-order valence-corrected chi connectivity index (χ4v) is 3.04. The summed E-state index contributed by atoms with van der Waals surface area (Å²) in [6.07, 6.45) is 4.65. The van der Waals surface area contributed by atoms with E-state index < -0.39 is 0 Å². The minimum Gasteiger partial charge on any atom is -0.339 e. The van der Waals surface area contributed by atoms with Gasteiger partial charge in [0.05, 0.1) is 17.8 Å². The fraction of sp³-hybridized carbons (Fsp3) is 0.556. The zero-order chi connectivity index (χ0) is 16.2. The van der Waals surface area contributed by atoms with Gasteiger partial charge in [0.25, 0.3) is 5.91 Å². The molecule has 124 valence electrons. The van der Waals surface area contributed by atoms with Crippen LogP contribution in [-0.2, 0) is 4.79 Å². The molecule has 1 saturated carbocycles. The number of hydrogen-bond acceptors (Lipinski definition) is 3. The van der Waals surface area contributed by atoms with Crippen LogP contribution in [0.25, 0.3) is 0 Å². The summed E-state index contributed by atoms with van der Waals surface area (Å²) in [6.45, 7) is 4.74. The molecule has 1 aromatic rings. The molecule has 5 nitrogen and oxygen atoms in total. The molecule has 1 heterocycles. The third-order valence-electron chi connectivity index (χ3n) is 4.57. The zero-order valence-corrected chi connectivity index (χ0v) is 13.7. The summed E-state index contributed by atoms with van der Waals surface area (Å²) in [4.78, 5) is 26.7. The van der Waals surface area contributed by atoms with Crippen LogP contribution in [-0.4, -0.2) is 42.9 Å². The number of carbonyl (C=O) groups is 2. The summed E-state index contributed by atoms with van der Waals surface area (Å²) in [6, 6.07) is 5.61. The predicted molar refractivity (Wildman–Crippen MR) is 90.5 cm³/mol. The van der Waals surface area contributed by atoms with Gasteiger partial charge in [-0.1, -0.05) is 12.1 Å². The van der Waals surface area contributed by atoms with Crippen molar-refractivity contribution in [1.82, 2.24) is 10.2 Å². The van der Waals surface area contributed by atoms with E-state index in [9.17, 15) is 9.59 Å². The Kier molecular flexibility index (Phi) is 4.96. The van der Waals surface area contributed by atoms with E-state index in [2.05, 4.69) is 10.6 Å². The van der Waals surface area contributed by atoms with Crippen molar-refractivity contribution in [2.45, 2.75) is 32.6 Å². The second-order valence-corrected chi connectivity index (χ2v) is 6.62. The maximum absolute atomic E-state index is 12.7. The molecular weight excluding hydrogens is 290 g/mol. The van der Waals surface area contributed by atoms with Crippen LogP contribution in [0.5, 0.6) is 0 Å². The Bertz CT molecular complexity index is 590. The summed E-state index contributed by atoms with van der Waals surface area (Å²) < 4.78 is 0. The van der Waals surface area contributed by atoms with Crippen molar-refractivity contribution in [3.8, 4) is 0 Å². The Labute approximate surface area is 137 Å². The van der Waals surface area contributed by atoms with Crippen LogP contribution in [0.4, 0.5) is 5.69 Å². The SMILES string of the molecule is Cc1cccc(NC(=O)CNCC2CC2)c1C(=O)N1CCCC1. The van der Waals surface area contributed by atoms with Crippen LogP contribution in [0.2, 0.25) is 0 Å². The number of aryl methyl sites for hydroxylation is 1. The monoisotopic (exact) mass is 315 g/mol. The van der Waals surface area contributed by atoms with Crippen molar-refractivity contribution in [3.63, 3.8) is 0 Å². The first-order valence-electron chi connectivity index (χ1n) is 8.54.